The molecule has 0 aromatic heterocycles. The Morgan fingerprint density at radius 1 is 1.08 bits per heavy atom. The monoisotopic (exact) mass is 333 g/mol. The van der Waals surface area contributed by atoms with Crippen molar-refractivity contribution in [3.05, 3.63) is 65.7 Å². The highest BCUT2D eigenvalue weighted by Gasteiger charge is 2.25. The van der Waals surface area contributed by atoms with E-state index >= 15 is 0 Å². The van der Waals surface area contributed by atoms with Gasteiger partial charge in [-0.25, -0.2) is 0 Å². The van der Waals surface area contributed by atoms with Crippen molar-refractivity contribution in [2.45, 2.75) is 25.1 Å². The molecule has 3 rings (SSSR count). The van der Waals surface area contributed by atoms with Crippen LogP contribution in [-0.2, 0) is 0 Å². The number of halogens is 2. The molecule has 0 amide bonds. The van der Waals surface area contributed by atoms with E-state index in [4.69, 9.17) is 0 Å². The number of hydrogen-bond donors (Lipinski definition) is 1. The number of aliphatic hydroxyl groups is 1. The topological polar surface area (TPSA) is 32.7 Å². The molecule has 2 aromatic rings. The van der Waals surface area contributed by atoms with Crippen LogP contribution in [0.3, 0.4) is 0 Å². The Bertz CT molecular complexity index is 634. The number of rotatable bonds is 6. The number of ether oxygens (including phenoxy) is 1. The maximum Gasteiger partial charge on any atom is 0.387 e. The van der Waals surface area contributed by atoms with Crippen LogP contribution < -0.4 is 4.74 Å². The van der Waals surface area contributed by atoms with Gasteiger partial charge >= 0.3 is 6.61 Å². The van der Waals surface area contributed by atoms with Gasteiger partial charge in [-0.2, -0.15) is 8.78 Å². The third kappa shape index (κ3) is 4.30. The lowest BCUT2D eigenvalue weighted by atomic mass is 9.99. The number of β-amino-alcohol motifs (C(OH)–C–C–N with tert-alkyl or cyclic N) is 1. The maximum atomic E-state index is 12.1. The van der Waals surface area contributed by atoms with Gasteiger partial charge in [0, 0.05) is 13.1 Å². The predicted molar refractivity (Wildman–Crippen MR) is 88.3 cm³/mol. The van der Waals surface area contributed by atoms with Crippen LogP contribution >= 0.6 is 0 Å². The fourth-order valence-corrected chi connectivity index (χ4v) is 3.22. The minimum absolute atomic E-state index is 0.103. The molecular formula is C19H21F2NO2. The molecular weight excluding hydrogens is 312 g/mol. The zero-order valence-electron chi connectivity index (χ0n) is 13.3. The molecule has 0 bridgehead atoms. The molecule has 2 aromatic carbocycles. The average molecular weight is 333 g/mol. The van der Waals surface area contributed by atoms with E-state index in [1.165, 1.54) is 17.7 Å². The predicted octanol–water partition coefficient (Wildman–Crippen LogP) is 3.81. The molecule has 3 nitrogen and oxygen atoms in total. The van der Waals surface area contributed by atoms with E-state index < -0.39 is 12.7 Å². The zero-order valence-corrected chi connectivity index (χ0v) is 13.3. The van der Waals surface area contributed by atoms with E-state index in [2.05, 4.69) is 33.9 Å². The molecule has 0 radical (unpaired) electrons. The van der Waals surface area contributed by atoms with Crippen LogP contribution in [0.15, 0.2) is 54.6 Å². The summed E-state index contributed by atoms with van der Waals surface area (Å²) in [6, 6.07) is 16.6. The Balaban J connectivity index is 1.54. The highest BCUT2D eigenvalue weighted by Crippen LogP contribution is 2.28. The van der Waals surface area contributed by atoms with Gasteiger partial charge in [0.2, 0.25) is 0 Å². The summed E-state index contributed by atoms with van der Waals surface area (Å²) in [7, 11) is 0. The van der Waals surface area contributed by atoms with Gasteiger partial charge in [0.15, 0.2) is 0 Å². The van der Waals surface area contributed by atoms with Crippen molar-refractivity contribution in [1.29, 1.82) is 0 Å². The van der Waals surface area contributed by atoms with Crippen LogP contribution in [0.2, 0.25) is 0 Å². The zero-order chi connectivity index (χ0) is 16.9. The average Bonchev–Trinajstić information content (AvgIpc) is 3.04. The van der Waals surface area contributed by atoms with E-state index in [-0.39, 0.29) is 5.75 Å². The second-order valence-electron chi connectivity index (χ2n) is 6.12. The fourth-order valence-electron chi connectivity index (χ4n) is 3.22. The van der Waals surface area contributed by atoms with Crippen LogP contribution in [0, 0.1) is 0 Å². The van der Waals surface area contributed by atoms with Gasteiger partial charge in [-0.1, -0.05) is 42.5 Å². The number of nitrogens with zero attached hydrogens (tertiary/aromatic N) is 1. The van der Waals surface area contributed by atoms with Crippen molar-refractivity contribution in [1.82, 2.24) is 4.90 Å². The van der Waals surface area contributed by atoms with Crippen molar-refractivity contribution in [3.63, 3.8) is 0 Å². The first-order chi connectivity index (χ1) is 11.6. The quantitative estimate of drug-likeness (QED) is 0.872. The standard InChI is InChI=1S/C19H21F2NO2/c20-19(21)24-17-8-6-15(7-9-17)18(23)13-22-11-10-16(12-22)14-4-2-1-3-5-14/h1-9,16,18-19,23H,10-13H2/t16-,18+/m0/s1. The number of likely N-dealkylation sites (tertiary alicyclic amines) is 1. The smallest absolute Gasteiger partial charge is 0.387 e. The number of benzene rings is 2. The molecule has 1 aliphatic heterocycles. The third-order valence-corrected chi connectivity index (χ3v) is 4.46. The van der Waals surface area contributed by atoms with Crippen LogP contribution in [0.4, 0.5) is 8.78 Å². The third-order valence-electron chi connectivity index (χ3n) is 4.46. The lowest BCUT2D eigenvalue weighted by Gasteiger charge is -2.20. The summed E-state index contributed by atoms with van der Waals surface area (Å²) in [6.45, 7) is -0.421. The highest BCUT2D eigenvalue weighted by atomic mass is 19.3. The Labute approximate surface area is 140 Å². The highest BCUT2D eigenvalue weighted by molar-refractivity contribution is 5.29. The molecule has 1 N–H and O–H groups in total. The van der Waals surface area contributed by atoms with E-state index in [0.717, 1.165) is 19.5 Å². The first-order valence-corrected chi connectivity index (χ1v) is 8.12. The van der Waals surface area contributed by atoms with Gasteiger partial charge in [-0.05, 0) is 42.1 Å². The summed E-state index contributed by atoms with van der Waals surface area (Å²) >= 11 is 0. The Kier molecular flexibility index (Phi) is 5.43. The molecule has 0 unspecified atom stereocenters. The summed E-state index contributed by atoms with van der Waals surface area (Å²) < 4.78 is 28.6. The van der Waals surface area contributed by atoms with E-state index in [1.807, 2.05) is 6.07 Å². The minimum Gasteiger partial charge on any atom is -0.435 e. The number of aliphatic hydroxyl groups excluding tert-OH is 1. The van der Waals surface area contributed by atoms with Gasteiger partial charge < -0.3 is 9.84 Å². The van der Waals surface area contributed by atoms with E-state index in [0.29, 0.717) is 18.0 Å². The molecule has 0 aliphatic carbocycles. The minimum atomic E-state index is -2.83. The lowest BCUT2D eigenvalue weighted by Crippen LogP contribution is -2.26. The van der Waals surface area contributed by atoms with Crippen LogP contribution in [0.1, 0.15) is 29.6 Å². The summed E-state index contributed by atoms with van der Waals surface area (Å²) in [5.74, 6) is 0.603. The lowest BCUT2D eigenvalue weighted by molar-refractivity contribution is -0.0498. The second-order valence-corrected chi connectivity index (χ2v) is 6.12. The van der Waals surface area contributed by atoms with Gasteiger partial charge in [0.1, 0.15) is 5.75 Å². The molecule has 1 aliphatic rings. The van der Waals surface area contributed by atoms with Gasteiger partial charge in [0.05, 0.1) is 6.10 Å². The summed E-state index contributed by atoms with van der Waals surface area (Å²) in [4.78, 5) is 2.24. The van der Waals surface area contributed by atoms with Gasteiger partial charge in [-0.15, -0.1) is 0 Å². The largest absolute Gasteiger partial charge is 0.435 e. The summed E-state index contributed by atoms with van der Waals surface area (Å²) in [5, 5.41) is 10.4. The molecule has 24 heavy (non-hydrogen) atoms. The molecule has 128 valence electrons. The molecule has 1 heterocycles. The van der Waals surface area contributed by atoms with Crippen molar-refractivity contribution in [3.8, 4) is 5.75 Å². The SMILES string of the molecule is O[C@H](CN1CC[C@H](c2ccccc2)C1)c1ccc(OC(F)F)cc1. The fraction of sp³-hybridized carbons (Fsp3) is 0.368. The first kappa shape index (κ1) is 16.9. The Morgan fingerprint density at radius 3 is 2.46 bits per heavy atom. The molecule has 0 saturated carbocycles. The number of hydrogen-bond acceptors (Lipinski definition) is 3. The van der Waals surface area contributed by atoms with Crippen molar-refractivity contribution in [2.24, 2.45) is 0 Å². The van der Waals surface area contributed by atoms with Crippen molar-refractivity contribution < 1.29 is 18.6 Å². The summed E-state index contributed by atoms with van der Waals surface area (Å²) in [6.07, 6.45) is 0.442. The van der Waals surface area contributed by atoms with Crippen LogP contribution in [0.5, 0.6) is 5.75 Å². The maximum absolute atomic E-state index is 12.1. The van der Waals surface area contributed by atoms with Crippen molar-refractivity contribution in [2.75, 3.05) is 19.6 Å². The Hall–Kier alpha value is -1.98. The van der Waals surface area contributed by atoms with E-state index in [1.54, 1.807) is 12.1 Å². The number of alkyl halides is 2. The summed E-state index contributed by atoms with van der Waals surface area (Å²) in [5.41, 5.74) is 2.04. The molecule has 2 atom stereocenters. The van der Waals surface area contributed by atoms with E-state index in [9.17, 15) is 13.9 Å². The molecule has 1 saturated heterocycles. The van der Waals surface area contributed by atoms with Crippen molar-refractivity contribution >= 4 is 0 Å². The van der Waals surface area contributed by atoms with Gasteiger partial charge in [0.25, 0.3) is 0 Å². The van der Waals surface area contributed by atoms with Crippen LogP contribution in [-0.4, -0.2) is 36.3 Å². The van der Waals surface area contributed by atoms with Crippen LogP contribution in [0.25, 0.3) is 0 Å². The second kappa shape index (κ2) is 7.73. The molecule has 1 fully saturated rings. The van der Waals surface area contributed by atoms with Gasteiger partial charge in [-0.3, -0.25) is 4.90 Å². The normalized spacial score (nSPS) is 19.6. The molecule has 5 heteroatoms. The Morgan fingerprint density at radius 2 is 1.79 bits per heavy atom. The molecule has 0 spiro atoms. The first-order valence-electron chi connectivity index (χ1n) is 8.12.